The molecule has 6 nitrogen and oxygen atoms in total. The molecule has 250 valence electrons. The van der Waals surface area contributed by atoms with Crippen LogP contribution >= 0.6 is 60.9 Å². The summed E-state index contributed by atoms with van der Waals surface area (Å²) in [5, 5.41) is 0. The lowest BCUT2D eigenvalue weighted by molar-refractivity contribution is 0.0700. The highest BCUT2D eigenvalue weighted by Gasteiger charge is 2.40. The van der Waals surface area contributed by atoms with Gasteiger partial charge in [-0.2, -0.15) is 0 Å². The molecule has 0 spiro atoms. The third-order valence-electron chi connectivity index (χ3n) is 6.32. The fourth-order valence-electron chi connectivity index (χ4n) is 4.70. The summed E-state index contributed by atoms with van der Waals surface area (Å²) in [6.07, 6.45) is 3.92. The third-order valence-corrected chi connectivity index (χ3v) is 23.3. The van der Waals surface area contributed by atoms with E-state index in [0.29, 0.717) is 39.6 Å². The smallest absolute Gasteiger partial charge is 0.374 e. The second kappa shape index (κ2) is 24.8. The van der Waals surface area contributed by atoms with Crippen molar-refractivity contribution in [2.75, 3.05) is 39.6 Å². The van der Waals surface area contributed by atoms with Gasteiger partial charge in [0, 0.05) is 61.5 Å². The van der Waals surface area contributed by atoms with Gasteiger partial charge in [-0.05, 0) is 151 Å². The van der Waals surface area contributed by atoms with Crippen LogP contribution in [0.2, 0.25) is 12.1 Å². The van der Waals surface area contributed by atoms with Crippen molar-refractivity contribution in [1.29, 1.82) is 0 Å². The summed E-state index contributed by atoms with van der Waals surface area (Å²) in [6.45, 7) is 15.8. The predicted molar refractivity (Wildman–Crippen MR) is 202 cm³/mol. The standard InChI is InChI=1S/C30H50O6S6Si2/c1-7-31-43(32-8-2,33-9-3)25-17-21-27-19-13-15-23-29(27)37-39-41-42-40-38-30-24-16-14-20-28(30)22-18-26-44(34-10-4,35-11-5)36-12-6/h13-16,19-20,23-24H,7-12,17-18,21-22,25-26H2,1-6H3. The lowest BCUT2D eigenvalue weighted by Crippen LogP contribution is -2.46. The Morgan fingerprint density at radius 2 is 0.773 bits per heavy atom. The zero-order valence-corrected chi connectivity index (χ0v) is 33.9. The number of hydrogen-bond acceptors (Lipinski definition) is 12. The molecule has 0 atom stereocenters. The van der Waals surface area contributed by atoms with Crippen molar-refractivity contribution in [3.8, 4) is 0 Å². The van der Waals surface area contributed by atoms with Crippen molar-refractivity contribution in [3.63, 3.8) is 0 Å². The summed E-state index contributed by atoms with van der Waals surface area (Å²) in [6, 6.07) is 19.1. The van der Waals surface area contributed by atoms with E-state index in [-0.39, 0.29) is 0 Å². The van der Waals surface area contributed by atoms with Crippen LogP contribution in [-0.4, -0.2) is 57.3 Å². The van der Waals surface area contributed by atoms with Crippen LogP contribution < -0.4 is 0 Å². The summed E-state index contributed by atoms with van der Waals surface area (Å²) in [7, 11) is 5.70. The highest BCUT2D eigenvalue weighted by Crippen LogP contribution is 2.56. The first-order chi connectivity index (χ1) is 21.5. The van der Waals surface area contributed by atoms with Crippen molar-refractivity contribution < 1.29 is 26.6 Å². The second-order valence-corrected chi connectivity index (χ2v) is 24.1. The minimum Gasteiger partial charge on any atom is -0.374 e. The molecular formula is C30H50O6S6Si2. The zero-order chi connectivity index (χ0) is 31.9. The van der Waals surface area contributed by atoms with E-state index in [1.807, 2.05) is 102 Å². The van der Waals surface area contributed by atoms with Crippen LogP contribution in [0.25, 0.3) is 0 Å². The SMILES string of the molecule is CCO[Si](CCCc1ccccc1SSSSSSc1ccccc1CCC[Si](OCC)(OCC)OCC)(OCC)OCC. The summed E-state index contributed by atoms with van der Waals surface area (Å²) < 4.78 is 36.2. The molecule has 0 aliphatic carbocycles. The van der Waals surface area contributed by atoms with Crippen LogP contribution in [0, 0.1) is 0 Å². The zero-order valence-electron chi connectivity index (χ0n) is 27.0. The number of benzene rings is 2. The van der Waals surface area contributed by atoms with E-state index in [9.17, 15) is 0 Å². The number of rotatable bonds is 27. The van der Waals surface area contributed by atoms with Gasteiger partial charge in [0.2, 0.25) is 0 Å². The molecule has 0 N–H and O–H groups in total. The van der Waals surface area contributed by atoms with Gasteiger partial charge in [-0.1, -0.05) is 36.4 Å². The van der Waals surface area contributed by atoms with Crippen molar-refractivity contribution in [2.45, 2.75) is 89.1 Å². The van der Waals surface area contributed by atoms with Crippen LogP contribution in [0.5, 0.6) is 0 Å². The van der Waals surface area contributed by atoms with Gasteiger partial charge >= 0.3 is 17.6 Å². The van der Waals surface area contributed by atoms with E-state index in [4.69, 9.17) is 26.6 Å². The molecule has 44 heavy (non-hydrogen) atoms. The van der Waals surface area contributed by atoms with Crippen molar-refractivity contribution in [2.24, 2.45) is 0 Å². The maximum atomic E-state index is 6.04. The van der Waals surface area contributed by atoms with Gasteiger partial charge in [-0.25, -0.2) is 0 Å². The first-order valence-corrected chi connectivity index (χ1v) is 26.9. The second-order valence-electron chi connectivity index (χ2n) is 9.33. The lowest BCUT2D eigenvalue weighted by Gasteiger charge is -2.28. The number of aryl methyl sites for hydroxylation is 2. The Morgan fingerprint density at radius 1 is 0.455 bits per heavy atom. The molecule has 0 saturated heterocycles. The Morgan fingerprint density at radius 3 is 1.09 bits per heavy atom. The molecule has 0 aliphatic rings. The van der Waals surface area contributed by atoms with E-state index >= 15 is 0 Å². The largest absolute Gasteiger partial charge is 0.500 e. The van der Waals surface area contributed by atoms with E-state index in [1.54, 1.807) is 0 Å². The van der Waals surface area contributed by atoms with E-state index in [2.05, 4.69) is 48.5 Å². The molecule has 14 heteroatoms. The Balaban J connectivity index is 1.80. The van der Waals surface area contributed by atoms with Crippen molar-refractivity contribution in [1.82, 2.24) is 0 Å². The third kappa shape index (κ3) is 15.3. The summed E-state index contributed by atoms with van der Waals surface area (Å²) >= 11 is 0. The molecule has 0 heterocycles. The highest BCUT2D eigenvalue weighted by molar-refractivity contribution is 9.41. The summed E-state index contributed by atoms with van der Waals surface area (Å²) in [5.41, 5.74) is 2.73. The molecule has 2 aromatic rings. The quantitative estimate of drug-likeness (QED) is 0.0496. The maximum Gasteiger partial charge on any atom is 0.500 e. The normalized spacial score (nSPS) is 12.2. The Bertz CT molecular complexity index is 914. The highest BCUT2D eigenvalue weighted by atomic mass is 33.9. The van der Waals surface area contributed by atoms with Crippen LogP contribution in [0.1, 0.15) is 65.5 Å². The molecule has 0 amide bonds. The fraction of sp³-hybridized carbons (Fsp3) is 0.600. The average molecular weight is 755 g/mol. The monoisotopic (exact) mass is 754 g/mol. The van der Waals surface area contributed by atoms with E-state index in [1.165, 1.54) is 20.9 Å². The van der Waals surface area contributed by atoms with Crippen LogP contribution in [-0.2, 0) is 39.4 Å². The Labute approximate surface area is 291 Å². The molecule has 0 bridgehead atoms. The average Bonchev–Trinajstić information content (AvgIpc) is 3.01. The van der Waals surface area contributed by atoms with E-state index in [0.717, 1.165) is 37.8 Å². The first-order valence-electron chi connectivity index (χ1n) is 15.5. The van der Waals surface area contributed by atoms with Gasteiger partial charge in [0.15, 0.2) is 0 Å². The Hall–Kier alpha value is 0.734. The molecule has 0 fully saturated rings. The van der Waals surface area contributed by atoms with Gasteiger partial charge in [0.05, 0.1) is 0 Å². The molecule has 0 radical (unpaired) electrons. The van der Waals surface area contributed by atoms with Crippen LogP contribution in [0.3, 0.4) is 0 Å². The van der Waals surface area contributed by atoms with Crippen molar-refractivity contribution in [3.05, 3.63) is 59.7 Å². The maximum absolute atomic E-state index is 6.04. The van der Waals surface area contributed by atoms with Crippen LogP contribution in [0.4, 0.5) is 0 Å². The topological polar surface area (TPSA) is 55.4 Å². The molecule has 2 aromatic carbocycles. The molecule has 0 unspecified atom stereocenters. The summed E-state index contributed by atoms with van der Waals surface area (Å²) in [5.74, 6) is 0. The molecule has 0 aliphatic heterocycles. The molecule has 0 saturated carbocycles. The van der Waals surface area contributed by atoms with Gasteiger partial charge in [0.25, 0.3) is 0 Å². The van der Waals surface area contributed by atoms with Crippen molar-refractivity contribution >= 4 is 78.5 Å². The van der Waals surface area contributed by atoms with Gasteiger partial charge in [0.1, 0.15) is 0 Å². The van der Waals surface area contributed by atoms with Gasteiger partial charge < -0.3 is 26.6 Å². The molecule has 0 aromatic heterocycles. The predicted octanol–water partition coefficient (Wildman–Crippen LogP) is 11.0. The lowest BCUT2D eigenvalue weighted by atomic mass is 10.1. The minimum atomic E-state index is -2.61. The molecule has 2 rings (SSSR count). The van der Waals surface area contributed by atoms with Gasteiger partial charge in [-0.3, -0.25) is 0 Å². The first kappa shape index (κ1) is 40.9. The fourth-order valence-corrected chi connectivity index (χ4v) is 21.3. The number of hydrogen-bond donors (Lipinski definition) is 0. The summed E-state index contributed by atoms with van der Waals surface area (Å²) in [4.78, 5) is 2.63. The molecular weight excluding hydrogens is 705 g/mol. The Kier molecular flexibility index (Phi) is 23.1. The minimum absolute atomic E-state index is 0.617. The van der Waals surface area contributed by atoms with Crippen LogP contribution in [0.15, 0.2) is 58.3 Å². The van der Waals surface area contributed by atoms with Gasteiger partial charge in [-0.15, -0.1) is 0 Å². The van der Waals surface area contributed by atoms with E-state index < -0.39 is 17.6 Å².